The van der Waals surface area contributed by atoms with Gasteiger partial charge in [0.1, 0.15) is 0 Å². The van der Waals surface area contributed by atoms with Crippen molar-refractivity contribution >= 4 is 28.8 Å². The van der Waals surface area contributed by atoms with Crippen LogP contribution < -0.4 is 10.6 Å². The molecule has 0 unspecified atom stereocenters. The van der Waals surface area contributed by atoms with E-state index in [1.807, 2.05) is 48.9 Å². The average Bonchev–Trinajstić information content (AvgIpc) is 3.35. The van der Waals surface area contributed by atoms with Crippen LogP contribution in [-0.2, 0) is 13.1 Å². The van der Waals surface area contributed by atoms with Gasteiger partial charge in [-0.05, 0) is 31.6 Å². The molecule has 2 heterocycles. The minimum atomic E-state index is -1.47. The van der Waals surface area contributed by atoms with Gasteiger partial charge in [-0.1, -0.05) is 30.3 Å². The van der Waals surface area contributed by atoms with Crippen molar-refractivity contribution in [2.24, 2.45) is 0 Å². The summed E-state index contributed by atoms with van der Waals surface area (Å²) in [5, 5.41) is 14.9. The third-order valence-electron chi connectivity index (χ3n) is 5.20. The van der Waals surface area contributed by atoms with Crippen molar-refractivity contribution in [2.75, 3.05) is 10.6 Å². The second-order valence-electron chi connectivity index (χ2n) is 7.61. The van der Waals surface area contributed by atoms with Gasteiger partial charge in [0.15, 0.2) is 34.2 Å². The number of benzene rings is 2. The quantitative estimate of drug-likeness (QED) is 0.223. The Morgan fingerprint density at radius 2 is 1.59 bits per heavy atom. The van der Waals surface area contributed by atoms with Crippen molar-refractivity contribution < 1.29 is 17.6 Å². The summed E-state index contributed by atoms with van der Waals surface area (Å²) in [7, 11) is 0. The summed E-state index contributed by atoms with van der Waals surface area (Å²) >= 11 is 5.36. The van der Waals surface area contributed by atoms with Gasteiger partial charge < -0.3 is 10.6 Å². The topological polar surface area (TPSA) is 59.7 Å². The predicted molar refractivity (Wildman–Crippen MR) is 125 cm³/mol. The van der Waals surface area contributed by atoms with Crippen LogP contribution in [-0.4, -0.2) is 24.7 Å². The fraction of sp³-hybridized carbons (Fsp3) is 0.174. The lowest BCUT2D eigenvalue weighted by atomic mass is 10.2. The molecule has 34 heavy (non-hydrogen) atoms. The molecule has 0 fully saturated rings. The van der Waals surface area contributed by atoms with Crippen molar-refractivity contribution in [1.29, 1.82) is 0 Å². The molecule has 0 atom stereocenters. The van der Waals surface area contributed by atoms with E-state index in [4.69, 9.17) is 12.2 Å². The van der Waals surface area contributed by atoms with Gasteiger partial charge in [0.25, 0.3) is 0 Å². The average molecular weight is 489 g/mol. The molecule has 0 spiro atoms. The Morgan fingerprint density at radius 1 is 0.912 bits per heavy atom. The summed E-state index contributed by atoms with van der Waals surface area (Å²) in [5.74, 6) is -5.58. The van der Waals surface area contributed by atoms with Crippen LogP contribution in [0.3, 0.4) is 0 Å². The molecule has 2 aromatic carbocycles. The Balaban J connectivity index is 1.43. The highest BCUT2D eigenvalue weighted by atomic mass is 32.1. The first-order valence-electron chi connectivity index (χ1n) is 10.2. The summed E-state index contributed by atoms with van der Waals surface area (Å²) in [6.07, 6.45) is 1.40. The first-order valence-corrected chi connectivity index (χ1v) is 10.6. The fourth-order valence-electron chi connectivity index (χ4n) is 3.49. The first-order chi connectivity index (χ1) is 16.2. The molecule has 6 nitrogen and oxygen atoms in total. The van der Waals surface area contributed by atoms with E-state index in [2.05, 4.69) is 20.8 Å². The zero-order valence-corrected chi connectivity index (χ0v) is 19.1. The second kappa shape index (κ2) is 9.64. The number of rotatable bonds is 6. The Kier molecular flexibility index (Phi) is 6.64. The van der Waals surface area contributed by atoms with Crippen molar-refractivity contribution in [3.05, 3.63) is 94.4 Å². The highest BCUT2D eigenvalue weighted by molar-refractivity contribution is 7.80. The molecule has 0 saturated carbocycles. The van der Waals surface area contributed by atoms with E-state index >= 15 is 0 Å². The highest BCUT2D eigenvalue weighted by Gasteiger charge is 2.20. The van der Waals surface area contributed by atoms with Crippen molar-refractivity contribution in [2.45, 2.75) is 26.9 Å². The Hall–Kier alpha value is -3.73. The van der Waals surface area contributed by atoms with Crippen LogP contribution in [0.25, 0.3) is 0 Å². The lowest BCUT2D eigenvalue weighted by Gasteiger charge is -2.10. The number of hydrogen-bond donors (Lipinski definition) is 2. The number of aromatic nitrogens is 4. The van der Waals surface area contributed by atoms with Crippen LogP contribution in [0, 0.1) is 37.1 Å². The molecule has 0 aliphatic heterocycles. The lowest BCUT2D eigenvalue weighted by Crippen LogP contribution is -2.20. The van der Waals surface area contributed by atoms with E-state index in [0.29, 0.717) is 6.54 Å². The van der Waals surface area contributed by atoms with Crippen molar-refractivity contribution in [3.63, 3.8) is 0 Å². The molecule has 2 aromatic heterocycles. The van der Waals surface area contributed by atoms with E-state index in [1.54, 1.807) is 0 Å². The highest BCUT2D eigenvalue weighted by Crippen LogP contribution is 2.22. The zero-order chi connectivity index (χ0) is 24.4. The number of thiocarbonyl (C=S) groups is 1. The molecule has 4 rings (SSSR count). The molecule has 0 saturated heterocycles. The van der Waals surface area contributed by atoms with Gasteiger partial charge >= 0.3 is 0 Å². The Labute approximate surface area is 198 Å². The van der Waals surface area contributed by atoms with Crippen LogP contribution in [0.1, 0.15) is 22.5 Å². The molecule has 0 aliphatic rings. The SMILES string of the molecule is Cc1nn(Cc2ccccc2)c(C)c1NC(=S)Nc1ccn(Cc2c(F)c(F)cc(F)c2F)n1. The minimum Gasteiger partial charge on any atom is -0.329 e. The molecule has 11 heteroatoms. The van der Waals surface area contributed by atoms with Gasteiger partial charge in [-0.2, -0.15) is 10.2 Å². The first kappa shape index (κ1) is 23.4. The van der Waals surface area contributed by atoms with Crippen LogP contribution in [0.4, 0.5) is 29.1 Å². The number of nitrogens with one attached hydrogen (secondary N) is 2. The normalized spacial score (nSPS) is 11.0. The van der Waals surface area contributed by atoms with E-state index in [9.17, 15) is 17.6 Å². The largest absolute Gasteiger partial charge is 0.329 e. The third-order valence-corrected chi connectivity index (χ3v) is 5.40. The molecule has 0 radical (unpaired) electrons. The van der Waals surface area contributed by atoms with Crippen LogP contribution in [0.2, 0.25) is 0 Å². The van der Waals surface area contributed by atoms with E-state index < -0.39 is 35.4 Å². The maximum atomic E-state index is 13.9. The van der Waals surface area contributed by atoms with Gasteiger partial charge in [-0.25, -0.2) is 17.6 Å². The summed E-state index contributed by atoms with van der Waals surface area (Å²) in [6.45, 7) is 3.88. The molecule has 4 aromatic rings. The van der Waals surface area contributed by atoms with Crippen LogP contribution in [0.15, 0.2) is 48.7 Å². The van der Waals surface area contributed by atoms with Gasteiger partial charge in [0.2, 0.25) is 0 Å². The molecule has 2 N–H and O–H groups in total. The van der Waals surface area contributed by atoms with Crippen LogP contribution >= 0.6 is 12.2 Å². The van der Waals surface area contributed by atoms with E-state index in [-0.39, 0.29) is 17.0 Å². The van der Waals surface area contributed by atoms with Gasteiger partial charge in [0, 0.05) is 18.3 Å². The summed E-state index contributed by atoms with van der Waals surface area (Å²) in [6, 6.07) is 11.6. The monoisotopic (exact) mass is 488 g/mol. The molecule has 0 bridgehead atoms. The smallest absolute Gasteiger partial charge is 0.176 e. The summed E-state index contributed by atoms with van der Waals surface area (Å²) in [5.41, 5.74) is 2.73. The van der Waals surface area contributed by atoms with E-state index in [1.165, 1.54) is 12.3 Å². The third kappa shape index (κ3) is 4.93. The molecular weight excluding hydrogens is 468 g/mol. The van der Waals surface area contributed by atoms with Gasteiger partial charge in [-0.3, -0.25) is 9.36 Å². The maximum absolute atomic E-state index is 13.9. The summed E-state index contributed by atoms with van der Waals surface area (Å²) < 4.78 is 57.7. The minimum absolute atomic E-state index is 0.167. The predicted octanol–water partition coefficient (Wildman–Crippen LogP) is 5.16. The maximum Gasteiger partial charge on any atom is 0.176 e. The number of halogens is 4. The molecule has 176 valence electrons. The molecular formula is C23H20F4N6S. The lowest BCUT2D eigenvalue weighted by molar-refractivity contribution is 0.431. The number of nitrogens with zero attached hydrogens (tertiary/aromatic N) is 4. The van der Waals surface area contributed by atoms with Crippen molar-refractivity contribution in [1.82, 2.24) is 19.6 Å². The molecule has 0 aliphatic carbocycles. The fourth-order valence-corrected chi connectivity index (χ4v) is 3.70. The van der Waals surface area contributed by atoms with Gasteiger partial charge in [0.05, 0.1) is 35.7 Å². The second-order valence-corrected chi connectivity index (χ2v) is 8.02. The standard InChI is InChI=1S/C23H20F4N6S/c1-13-22(14(2)33(30-13)11-15-6-4-3-5-7-15)29-23(34)28-19-8-9-32(31-19)12-16-20(26)17(24)10-18(25)21(16)27/h3-10H,11-12H2,1-2H3,(H2,28,29,31,34). The van der Waals surface area contributed by atoms with E-state index in [0.717, 1.165) is 27.3 Å². The van der Waals surface area contributed by atoms with Crippen molar-refractivity contribution in [3.8, 4) is 0 Å². The molecule has 0 amide bonds. The zero-order valence-electron chi connectivity index (χ0n) is 18.2. The summed E-state index contributed by atoms with van der Waals surface area (Å²) in [4.78, 5) is 0. The Morgan fingerprint density at radius 3 is 2.26 bits per heavy atom. The number of anilines is 2. The van der Waals surface area contributed by atoms with Crippen LogP contribution in [0.5, 0.6) is 0 Å². The Bertz CT molecular complexity index is 1320. The number of hydrogen-bond acceptors (Lipinski definition) is 3. The van der Waals surface area contributed by atoms with Gasteiger partial charge in [-0.15, -0.1) is 0 Å². The number of aryl methyl sites for hydroxylation is 1.